The van der Waals surface area contributed by atoms with Crippen LogP contribution in [0.4, 0.5) is 10.1 Å². The summed E-state index contributed by atoms with van der Waals surface area (Å²) >= 11 is 3.23. The number of benzene rings is 2. The molecule has 6 heteroatoms. The van der Waals surface area contributed by atoms with E-state index in [0.717, 1.165) is 4.47 Å². The molecule has 0 bridgehead atoms. The minimum absolute atomic E-state index is 0.00502. The predicted octanol–water partition coefficient (Wildman–Crippen LogP) is 3.14. The van der Waals surface area contributed by atoms with Gasteiger partial charge in [-0.2, -0.15) is 0 Å². The molecule has 0 spiro atoms. The number of hydrogen-bond donors (Lipinski definition) is 1. The predicted molar refractivity (Wildman–Crippen MR) is 75.8 cm³/mol. The molecule has 0 fully saturated rings. The van der Waals surface area contributed by atoms with E-state index in [4.69, 9.17) is 5.73 Å². The van der Waals surface area contributed by atoms with E-state index in [0.29, 0.717) is 0 Å². The molecule has 0 aliphatic rings. The second-order valence-corrected chi connectivity index (χ2v) is 6.93. The summed E-state index contributed by atoms with van der Waals surface area (Å²) in [5.74, 6) is -1.06. The minimum atomic E-state index is -3.62. The monoisotopic (exact) mass is 343 g/mol. The summed E-state index contributed by atoms with van der Waals surface area (Å²) in [5, 5.41) is 0. The zero-order valence-corrected chi connectivity index (χ0v) is 12.2. The smallest absolute Gasteiger partial charge is 0.182 e. The van der Waals surface area contributed by atoms with Crippen molar-refractivity contribution < 1.29 is 12.8 Å². The van der Waals surface area contributed by atoms with Crippen molar-refractivity contribution in [3.63, 3.8) is 0 Å². The van der Waals surface area contributed by atoms with Gasteiger partial charge in [-0.15, -0.1) is 0 Å². The molecular formula is C13H11BrFNO2S. The van der Waals surface area contributed by atoms with E-state index in [-0.39, 0.29) is 16.1 Å². The van der Waals surface area contributed by atoms with Gasteiger partial charge in [-0.25, -0.2) is 12.8 Å². The summed E-state index contributed by atoms with van der Waals surface area (Å²) in [6.07, 6.45) is 0. The van der Waals surface area contributed by atoms with E-state index in [1.54, 1.807) is 12.1 Å². The molecule has 2 N–H and O–H groups in total. The van der Waals surface area contributed by atoms with E-state index >= 15 is 0 Å². The van der Waals surface area contributed by atoms with Crippen LogP contribution < -0.4 is 5.73 Å². The van der Waals surface area contributed by atoms with Crippen LogP contribution in [0.15, 0.2) is 51.8 Å². The lowest BCUT2D eigenvalue weighted by Gasteiger charge is -2.08. The summed E-state index contributed by atoms with van der Waals surface area (Å²) < 4.78 is 38.7. The highest BCUT2D eigenvalue weighted by Crippen LogP contribution is 2.23. The van der Waals surface area contributed by atoms with E-state index in [1.807, 2.05) is 0 Å². The van der Waals surface area contributed by atoms with Crippen LogP contribution in [0.5, 0.6) is 0 Å². The fourth-order valence-electron chi connectivity index (χ4n) is 1.64. The molecule has 0 aliphatic heterocycles. The van der Waals surface area contributed by atoms with Crippen LogP contribution in [-0.2, 0) is 15.6 Å². The Morgan fingerprint density at radius 2 is 1.74 bits per heavy atom. The Kier molecular flexibility index (Phi) is 3.91. The number of hydrogen-bond acceptors (Lipinski definition) is 3. The molecule has 0 saturated heterocycles. The zero-order valence-electron chi connectivity index (χ0n) is 9.81. The maximum absolute atomic E-state index is 13.6. The average molecular weight is 344 g/mol. The van der Waals surface area contributed by atoms with Crippen LogP contribution >= 0.6 is 15.9 Å². The second kappa shape index (κ2) is 5.30. The molecule has 0 amide bonds. The van der Waals surface area contributed by atoms with Crippen molar-refractivity contribution in [3.05, 3.63) is 58.3 Å². The van der Waals surface area contributed by atoms with Crippen molar-refractivity contribution in [2.24, 2.45) is 0 Å². The van der Waals surface area contributed by atoms with Crippen molar-refractivity contribution in [1.82, 2.24) is 0 Å². The maximum Gasteiger partial charge on any atom is 0.182 e. The van der Waals surface area contributed by atoms with Crippen LogP contribution in [-0.4, -0.2) is 8.42 Å². The van der Waals surface area contributed by atoms with Crippen molar-refractivity contribution in [2.75, 3.05) is 5.73 Å². The van der Waals surface area contributed by atoms with Gasteiger partial charge in [0.15, 0.2) is 9.84 Å². The molecule has 2 aromatic rings. The SMILES string of the molecule is Nc1cccc(F)c1CS(=O)(=O)c1ccc(Br)cc1. The van der Waals surface area contributed by atoms with E-state index in [9.17, 15) is 12.8 Å². The first-order chi connectivity index (χ1) is 8.90. The van der Waals surface area contributed by atoms with Gasteiger partial charge in [0.05, 0.1) is 10.6 Å². The Balaban J connectivity index is 2.39. The highest BCUT2D eigenvalue weighted by Gasteiger charge is 2.19. The molecule has 0 radical (unpaired) electrons. The standard InChI is InChI=1S/C13H11BrFNO2S/c14-9-4-6-10(7-5-9)19(17,18)8-11-12(15)2-1-3-13(11)16/h1-7H,8,16H2. The lowest BCUT2D eigenvalue weighted by molar-refractivity contribution is 0.587. The number of nitrogens with two attached hydrogens (primary N) is 1. The lowest BCUT2D eigenvalue weighted by atomic mass is 10.2. The minimum Gasteiger partial charge on any atom is -0.398 e. The van der Waals surface area contributed by atoms with E-state index in [1.165, 1.54) is 30.3 Å². The second-order valence-electron chi connectivity index (χ2n) is 4.02. The first kappa shape index (κ1) is 14.0. The van der Waals surface area contributed by atoms with Gasteiger partial charge in [-0.3, -0.25) is 0 Å². The maximum atomic E-state index is 13.6. The summed E-state index contributed by atoms with van der Waals surface area (Å²) in [4.78, 5) is 0.137. The molecule has 0 saturated carbocycles. The van der Waals surface area contributed by atoms with Crippen LogP contribution in [0, 0.1) is 5.82 Å². The Bertz CT molecular complexity index is 679. The number of rotatable bonds is 3. The number of anilines is 1. The highest BCUT2D eigenvalue weighted by molar-refractivity contribution is 9.10. The molecule has 0 unspecified atom stereocenters. The normalized spacial score (nSPS) is 11.5. The van der Waals surface area contributed by atoms with Gasteiger partial charge in [-0.1, -0.05) is 22.0 Å². The Morgan fingerprint density at radius 3 is 2.32 bits per heavy atom. The van der Waals surface area contributed by atoms with Crippen LogP contribution in [0.3, 0.4) is 0 Å². The fourth-order valence-corrected chi connectivity index (χ4v) is 3.31. The van der Waals surface area contributed by atoms with E-state index in [2.05, 4.69) is 15.9 Å². The summed E-state index contributed by atoms with van der Waals surface area (Å²) in [5.41, 5.74) is 5.76. The first-order valence-electron chi connectivity index (χ1n) is 5.41. The molecule has 100 valence electrons. The molecular weight excluding hydrogens is 333 g/mol. The van der Waals surface area contributed by atoms with Gasteiger partial charge in [0.2, 0.25) is 0 Å². The number of halogens is 2. The van der Waals surface area contributed by atoms with Crippen LogP contribution in [0.2, 0.25) is 0 Å². The van der Waals surface area contributed by atoms with Crippen molar-refractivity contribution in [1.29, 1.82) is 0 Å². The third-order valence-electron chi connectivity index (χ3n) is 2.66. The quantitative estimate of drug-likeness (QED) is 0.871. The Hall–Kier alpha value is -1.40. The number of nitrogen functional groups attached to an aromatic ring is 1. The lowest BCUT2D eigenvalue weighted by Crippen LogP contribution is -2.08. The van der Waals surface area contributed by atoms with E-state index < -0.39 is 21.4 Å². The van der Waals surface area contributed by atoms with Gasteiger partial charge in [-0.05, 0) is 36.4 Å². The van der Waals surface area contributed by atoms with Crippen LogP contribution in [0.1, 0.15) is 5.56 Å². The molecule has 0 aromatic heterocycles. The third-order valence-corrected chi connectivity index (χ3v) is 4.85. The van der Waals surface area contributed by atoms with Crippen molar-refractivity contribution in [3.8, 4) is 0 Å². The third kappa shape index (κ3) is 3.13. The highest BCUT2D eigenvalue weighted by atomic mass is 79.9. The largest absolute Gasteiger partial charge is 0.398 e. The molecule has 0 heterocycles. The van der Waals surface area contributed by atoms with Crippen molar-refractivity contribution >= 4 is 31.5 Å². The topological polar surface area (TPSA) is 60.2 Å². The van der Waals surface area contributed by atoms with Gasteiger partial charge in [0, 0.05) is 15.7 Å². The summed E-state index contributed by atoms with van der Waals surface area (Å²) in [7, 11) is -3.62. The molecule has 0 atom stereocenters. The van der Waals surface area contributed by atoms with Gasteiger partial charge >= 0.3 is 0 Å². The average Bonchev–Trinajstić information content (AvgIpc) is 2.35. The molecule has 2 aromatic carbocycles. The summed E-state index contributed by atoms with van der Waals surface area (Å²) in [6.45, 7) is 0. The number of sulfone groups is 1. The van der Waals surface area contributed by atoms with Gasteiger partial charge < -0.3 is 5.73 Å². The Morgan fingerprint density at radius 1 is 1.11 bits per heavy atom. The fraction of sp³-hybridized carbons (Fsp3) is 0.0769. The first-order valence-corrected chi connectivity index (χ1v) is 7.86. The Labute approximate surface area is 119 Å². The molecule has 0 aliphatic carbocycles. The van der Waals surface area contributed by atoms with Crippen molar-refractivity contribution in [2.45, 2.75) is 10.6 Å². The van der Waals surface area contributed by atoms with Crippen LogP contribution in [0.25, 0.3) is 0 Å². The molecule has 2 rings (SSSR count). The zero-order chi connectivity index (χ0) is 14.0. The molecule has 19 heavy (non-hydrogen) atoms. The van der Waals surface area contributed by atoms with Gasteiger partial charge in [0.1, 0.15) is 5.82 Å². The summed E-state index contributed by atoms with van der Waals surface area (Å²) in [6, 6.07) is 10.3. The van der Waals surface area contributed by atoms with Gasteiger partial charge in [0.25, 0.3) is 0 Å². The molecule has 3 nitrogen and oxygen atoms in total.